The molecule has 0 saturated heterocycles. The quantitative estimate of drug-likeness (QED) is 0.730. The van der Waals surface area contributed by atoms with E-state index in [1.165, 1.54) is 5.56 Å². The van der Waals surface area contributed by atoms with Crippen LogP contribution in [0.1, 0.15) is 5.56 Å². The monoisotopic (exact) mass is 211 g/mol. The normalized spacial score (nSPS) is 10.1. The first-order chi connectivity index (χ1) is 6.86. The molecule has 1 rings (SSSR count). The van der Waals surface area contributed by atoms with Gasteiger partial charge in [-0.2, -0.15) is 11.8 Å². The highest BCUT2D eigenvalue weighted by Crippen LogP contribution is 2.14. The van der Waals surface area contributed by atoms with Gasteiger partial charge in [-0.25, -0.2) is 0 Å². The predicted octanol–water partition coefficient (Wildman–Crippen LogP) is 1.93. The maximum atomic E-state index is 5.41. The third kappa shape index (κ3) is 4.03. The number of nitrogens with two attached hydrogens (primary N) is 1. The molecule has 0 aromatic heterocycles. The molecule has 14 heavy (non-hydrogen) atoms. The second-order valence-electron chi connectivity index (χ2n) is 3.00. The fraction of sp³-hybridized carbons (Fsp3) is 0.455. The van der Waals surface area contributed by atoms with Crippen molar-refractivity contribution in [2.24, 2.45) is 5.73 Å². The third-order valence-electron chi connectivity index (χ3n) is 1.93. The van der Waals surface area contributed by atoms with E-state index in [4.69, 9.17) is 10.5 Å². The van der Waals surface area contributed by atoms with E-state index >= 15 is 0 Å². The van der Waals surface area contributed by atoms with Gasteiger partial charge in [0, 0.05) is 12.3 Å². The topological polar surface area (TPSA) is 35.2 Å². The van der Waals surface area contributed by atoms with Crippen molar-refractivity contribution in [2.45, 2.75) is 6.42 Å². The summed E-state index contributed by atoms with van der Waals surface area (Å²) in [7, 11) is 1.70. The summed E-state index contributed by atoms with van der Waals surface area (Å²) in [5.74, 6) is 3.11. The van der Waals surface area contributed by atoms with Gasteiger partial charge < -0.3 is 10.5 Å². The average Bonchev–Trinajstić information content (AvgIpc) is 2.25. The van der Waals surface area contributed by atoms with E-state index in [-0.39, 0.29) is 0 Å². The minimum Gasteiger partial charge on any atom is -0.497 e. The predicted molar refractivity (Wildman–Crippen MR) is 63.1 cm³/mol. The van der Waals surface area contributed by atoms with Crippen LogP contribution in [0.4, 0.5) is 0 Å². The fourth-order valence-electron chi connectivity index (χ4n) is 1.20. The van der Waals surface area contributed by atoms with Crippen LogP contribution < -0.4 is 10.5 Å². The van der Waals surface area contributed by atoms with Gasteiger partial charge in [0.15, 0.2) is 0 Å². The molecule has 1 aromatic rings. The Hall–Kier alpha value is -0.670. The number of aryl methyl sites for hydroxylation is 1. The van der Waals surface area contributed by atoms with Gasteiger partial charge in [0.1, 0.15) is 5.75 Å². The largest absolute Gasteiger partial charge is 0.497 e. The van der Waals surface area contributed by atoms with Crippen LogP contribution >= 0.6 is 11.8 Å². The van der Waals surface area contributed by atoms with Crippen molar-refractivity contribution in [1.82, 2.24) is 0 Å². The van der Waals surface area contributed by atoms with E-state index in [0.717, 1.165) is 30.2 Å². The molecule has 0 unspecified atom stereocenters. The Bertz CT molecular complexity index is 265. The summed E-state index contributed by atoms with van der Waals surface area (Å²) in [6.07, 6.45) is 1.09. The molecular weight excluding hydrogens is 194 g/mol. The van der Waals surface area contributed by atoms with E-state index in [1.807, 2.05) is 23.9 Å². The van der Waals surface area contributed by atoms with Gasteiger partial charge >= 0.3 is 0 Å². The fourth-order valence-corrected chi connectivity index (χ4v) is 1.95. The van der Waals surface area contributed by atoms with Crippen LogP contribution in [-0.4, -0.2) is 25.2 Å². The van der Waals surface area contributed by atoms with Gasteiger partial charge in [-0.3, -0.25) is 0 Å². The molecule has 0 bridgehead atoms. The first-order valence-corrected chi connectivity index (χ1v) is 5.93. The number of hydrogen-bond acceptors (Lipinski definition) is 3. The van der Waals surface area contributed by atoms with Crippen LogP contribution in [-0.2, 0) is 6.42 Å². The van der Waals surface area contributed by atoms with Gasteiger partial charge in [-0.15, -0.1) is 0 Å². The Kier molecular flexibility index (Phi) is 5.49. The highest BCUT2D eigenvalue weighted by atomic mass is 32.2. The molecule has 0 aliphatic carbocycles. The second-order valence-corrected chi connectivity index (χ2v) is 4.23. The van der Waals surface area contributed by atoms with Crippen molar-refractivity contribution in [3.05, 3.63) is 29.8 Å². The standard InChI is InChI=1S/C11H17NOS/c1-13-11-4-2-3-10(9-11)5-7-14-8-6-12/h2-4,9H,5-8,12H2,1H3. The lowest BCUT2D eigenvalue weighted by atomic mass is 10.2. The Balaban J connectivity index is 2.34. The third-order valence-corrected chi connectivity index (χ3v) is 2.95. The smallest absolute Gasteiger partial charge is 0.119 e. The lowest BCUT2D eigenvalue weighted by Gasteiger charge is -2.03. The molecule has 1 aromatic carbocycles. The molecule has 2 N–H and O–H groups in total. The van der Waals surface area contributed by atoms with Crippen molar-refractivity contribution in [1.29, 1.82) is 0 Å². The summed E-state index contributed by atoms with van der Waals surface area (Å²) in [6, 6.07) is 8.22. The van der Waals surface area contributed by atoms with E-state index in [9.17, 15) is 0 Å². The summed E-state index contributed by atoms with van der Waals surface area (Å²) in [5, 5.41) is 0. The molecule has 0 aliphatic rings. The molecule has 0 spiro atoms. The van der Waals surface area contributed by atoms with Crippen LogP contribution in [0.3, 0.4) is 0 Å². The minimum atomic E-state index is 0.767. The van der Waals surface area contributed by atoms with Gasteiger partial charge in [0.2, 0.25) is 0 Å². The highest BCUT2D eigenvalue weighted by Gasteiger charge is 1.95. The lowest BCUT2D eigenvalue weighted by Crippen LogP contribution is -2.02. The number of benzene rings is 1. The first-order valence-electron chi connectivity index (χ1n) is 4.77. The van der Waals surface area contributed by atoms with Crippen LogP contribution in [0.25, 0.3) is 0 Å². The van der Waals surface area contributed by atoms with E-state index < -0.39 is 0 Å². The van der Waals surface area contributed by atoms with Crippen molar-refractivity contribution >= 4 is 11.8 Å². The second kappa shape index (κ2) is 6.74. The zero-order chi connectivity index (χ0) is 10.2. The molecule has 0 heterocycles. The van der Waals surface area contributed by atoms with E-state index in [1.54, 1.807) is 7.11 Å². The van der Waals surface area contributed by atoms with Crippen molar-refractivity contribution in [3.8, 4) is 5.75 Å². The van der Waals surface area contributed by atoms with Crippen LogP contribution in [0.2, 0.25) is 0 Å². The Labute approximate surface area is 89.8 Å². The number of methoxy groups -OCH3 is 1. The van der Waals surface area contributed by atoms with Crippen LogP contribution in [0.5, 0.6) is 5.75 Å². The van der Waals surface area contributed by atoms with E-state index in [0.29, 0.717) is 0 Å². The highest BCUT2D eigenvalue weighted by molar-refractivity contribution is 7.99. The van der Waals surface area contributed by atoms with Gasteiger partial charge in [-0.05, 0) is 29.9 Å². The number of thioether (sulfide) groups is 1. The molecule has 0 aliphatic heterocycles. The minimum absolute atomic E-state index is 0.767. The van der Waals surface area contributed by atoms with Gasteiger partial charge in [-0.1, -0.05) is 12.1 Å². The molecule has 0 amide bonds. The summed E-state index contributed by atoms with van der Waals surface area (Å²) < 4.78 is 5.16. The van der Waals surface area contributed by atoms with E-state index in [2.05, 4.69) is 12.1 Å². The zero-order valence-electron chi connectivity index (χ0n) is 8.53. The van der Waals surface area contributed by atoms with Crippen molar-refractivity contribution in [2.75, 3.05) is 25.2 Å². The van der Waals surface area contributed by atoms with Gasteiger partial charge in [0.05, 0.1) is 7.11 Å². The molecular formula is C11H17NOS. The Morgan fingerprint density at radius 1 is 1.36 bits per heavy atom. The summed E-state index contributed by atoms with van der Waals surface area (Å²) >= 11 is 1.90. The lowest BCUT2D eigenvalue weighted by molar-refractivity contribution is 0.414. The summed E-state index contributed by atoms with van der Waals surface area (Å²) in [6.45, 7) is 0.767. The van der Waals surface area contributed by atoms with Crippen LogP contribution in [0.15, 0.2) is 24.3 Å². The Morgan fingerprint density at radius 3 is 2.93 bits per heavy atom. The van der Waals surface area contributed by atoms with Crippen molar-refractivity contribution in [3.63, 3.8) is 0 Å². The molecule has 0 saturated carbocycles. The number of rotatable bonds is 6. The number of hydrogen-bond donors (Lipinski definition) is 1. The molecule has 0 atom stereocenters. The number of ether oxygens (including phenoxy) is 1. The molecule has 2 nitrogen and oxygen atoms in total. The summed E-state index contributed by atoms with van der Waals surface area (Å²) in [4.78, 5) is 0. The van der Waals surface area contributed by atoms with Crippen LogP contribution in [0, 0.1) is 0 Å². The molecule has 0 fully saturated rings. The average molecular weight is 211 g/mol. The van der Waals surface area contributed by atoms with Gasteiger partial charge in [0.25, 0.3) is 0 Å². The summed E-state index contributed by atoms with van der Waals surface area (Å²) in [5.41, 5.74) is 6.74. The van der Waals surface area contributed by atoms with Crippen molar-refractivity contribution < 1.29 is 4.74 Å². The maximum Gasteiger partial charge on any atom is 0.119 e. The molecule has 0 radical (unpaired) electrons. The molecule has 78 valence electrons. The zero-order valence-corrected chi connectivity index (χ0v) is 9.35. The molecule has 3 heteroatoms. The maximum absolute atomic E-state index is 5.41. The Morgan fingerprint density at radius 2 is 2.21 bits per heavy atom. The first kappa shape index (κ1) is 11.4. The SMILES string of the molecule is COc1cccc(CCSCCN)c1.